The summed E-state index contributed by atoms with van der Waals surface area (Å²) < 4.78 is 37.3. The standard InChI is InChI=1S/C12H22F3N3O2/c1-5-9(2)16-6-10(19)18(8-12(13,14)15)7-11(20)17(3)4/h9,16H,5-8H2,1-4H3. The normalized spacial score (nSPS) is 12.9. The molecule has 0 fully saturated rings. The van der Waals surface area contributed by atoms with Gasteiger partial charge in [-0.15, -0.1) is 0 Å². The van der Waals surface area contributed by atoms with Crippen LogP contribution in [0.2, 0.25) is 0 Å². The van der Waals surface area contributed by atoms with Crippen LogP contribution < -0.4 is 5.32 Å². The second-order valence-electron chi connectivity index (χ2n) is 4.84. The molecule has 1 atom stereocenters. The number of hydrogen-bond donors (Lipinski definition) is 1. The number of alkyl halides is 3. The van der Waals surface area contributed by atoms with Crippen molar-refractivity contribution in [1.29, 1.82) is 0 Å². The molecule has 0 radical (unpaired) electrons. The summed E-state index contributed by atoms with van der Waals surface area (Å²) in [5.74, 6) is -1.29. The van der Waals surface area contributed by atoms with E-state index >= 15 is 0 Å². The third-order valence-corrected chi connectivity index (χ3v) is 2.76. The van der Waals surface area contributed by atoms with Crippen molar-refractivity contribution in [2.45, 2.75) is 32.5 Å². The molecule has 0 aliphatic carbocycles. The molecule has 0 aliphatic heterocycles. The maximum atomic E-state index is 12.4. The molecule has 0 rings (SSSR count). The van der Waals surface area contributed by atoms with Crippen molar-refractivity contribution in [3.8, 4) is 0 Å². The Morgan fingerprint density at radius 2 is 1.75 bits per heavy atom. The Hall–Kier alpha value is -1.31. The molecule has 1 unspecified atom stereocenters. The lowest BCUT2D eigenvalue weighted by atomic mass is 10.2. The molecular weight excluding hydrogens is 275 g/mol. The van der Waals surface area contributed by atoms with Gasteiger partial charge in [-0.3, -0.25) is 9.59 Å². The van der Waals surface area contributed by atoms with Crippen molar-refractivity contribution in [1.82, 2.24) is 15.1 Å². The first-order chi connectivity index (χ1) is 9.06. The number of likely N-dealkylation sites (N-methyl/N-ethyl adjacent to an activating group) is 1. The van der Waals surface area contributed by atoms with Gasteiger partial charge in [-0.25, -0.2) is 0 Å². The summed E-state index contributed by atoms with van der Waals surface area (Å²) in [5, 5.41) is 2.82. The van der Waals surface area contributed by atoms with Gasteiger partial charge in [0, 0.05) is 20.1 Å². The van der Waals surface area contributed by atoms with Crippen molar-refractivity contribution >= 4 is 11.8 Å². The Labute approximate surface area is 117 Å². The van der Waals surface area contributed by atoms with Crippen LogP contribution in [0.3, 0.4) is 0 Å². The van der Waals surface area contributed by atoms with Gasteiger partial charge in [0.25, 0.3) is 0 Å². The van der Waals surface area contributed by atoms with Gasteiger partial charge < -0.3 is 15.1 Å². The smallest absolute Gasteiger partial charge is 0.347 e. The molecule has 0 heterocycles. The van der Waals surface area contributed by atoms with Crippen LogP contribution in [0.15, 0.2) is 0 Å². The van der Waals surface area contributed by atoms with E-state index < -0.39 is 31.1 Å². The van der Waals surface area contributed by atoms with E-state index in [0.29, 0.717) is 4.90 Å². The Bertz CT molecular complexity index is 332. The monoisotopic (exact) mass is 297 g/mol. The molecule has 0 saturated carbocycles. The van der Waals surface area contributed by atoms with Gasteiger partial charge in [0.2, 0.25) is 11.8 Å². The molecule has 0 bridgehead atoms. The molecule has 0 saturated heterocycles. The predicted octanol–water partition coefficient (Wildman–Crippen LogP) is 0.854. The van der Waals surface area contributed by atoms with Crippen molar-refractivity contribution in [2.24, 2.45) is 0 Å². The fourth-order valence-corrected chi connectivity index (χ4v) is 1.27. The minimum absolute atomic E-state index is 0.0243. The highest BCUT2D eigenvalue weighted by Crippen LogP contribution is 2.16. The van der Waals surface area contributed by atoms with Crippen molar-refractivity contribution in [3.63, 3.8) is 0 Å². The zero-order valence-electron chi connectivity index (χ0n) is 12.3. The number of hydrogen-bond acceptors (Lipinski definition) is 3. The summed E-state index contributed by atoms with van der Waals surface area (Å²) in [5.41, 5.74) is 0. The second-order valence-corrected chi connectivity index (χ2v) is 4.84. The maximum absolute atomic E-state index is 12.4. The summed E-state index contributed by atoms with van der Waals surface area (Å²) in [6.07, 6.45) is -3.78. The van der Waals surface area contributed by atoms with E-state index in [1.54, 1.807) is 0 Å². The van der Waals surface area contributed by atoms with Crippen LogP contribution >= 0.6 is 0 Å². The number of nitrogens with one attached hydrogen (secondary N) is 1. The van der Waals surface area contributed by atoms with Gasteiger partial charge in [0.05, 0.1) is 6.54 Å². The van der Waals surface area contributed by atoms with E-state index in [1.165, 1.54) is 14.1 Å². The lowest BCUT2D eigenvalue weighted by Gasteiger charge is -2.25. The minimum Gasteiger partial charge on any atom is -0.347 e. The molecule has 20 heavy (non-hydrogen) atoms. The molecule has 0 aromatic heterocycles. The van der Waals surface area contributed by atoms with Crippen LogP contribution in [0.1, 0.15) is 20.3 Å². The summed E-state index contributed by atoms with van der Waals surface area (Å²) in [6.45, 7) is 1.50. The molecule has 0 aliphatic rings. The Morgan fingerprint density at radius 3 is 2.15 bits per heavy atom. The number of halogens is 3. The van der Waals surface area contributed by atoms with Crippen LogP contribution in [0, 0.1) is 0 Å². The summed E-state index contributed by atoms with van der Waals surface area (Å²) in [4.78, 5) is 25.0. The first-order valence-corrected chi connectivity index (χ1v) is 6.34. The molecular formula is C12H22F3N3O2. The second kappa shape index (κ2) is 8.08. The summed E-state index contributed by atoms with van der Waals surface area (Å²) >= 11 is 0. The van der Waals surface area contributed by atoms with Crippen LogP contribution in [0.5, 0.6) is 0 Å². The molecule has 5 nitrogen and oxygen atoms in total. The Kier molecular flexibility index (Phi) is 7.55. The van der Waals surface area contributed by atoms with E-state index in [0.717, 1.165) is 11.3 Å². The van der Waals surface area contributed by atoms with Crippen molar-refractivity contribution < 1.29 is 22.8 Å². The SMILES string of the molecule is CCC(C)NCC(=O)N(CC(=O)N(C)C)CC(F)(F)F. The fourth-order valence-electron chi connectivity index (χ4n) is 1.27. The van der Waals surface area contributed by atoms with Gasteiger partial charge >= 0.3 is 6.18 Å². The van der Waals surface area contributed by atoms with E-state index in [9.17, 15) is 22.8 Å². The quantitative estimate of drug-likeness (QED) is 0.758. The Morgan fingerprint density at radius 1 is 1.20 bits per heavy atom. The molecule has 118 valence electrons. The largest absolute Gasteiger partial charge is 0.406 e. The van der Waals surface area contributed by atoms with Crippen LogP contribution in [0.25, 0.3) is 0 Å². The van der Waals surface area contributed by atoms with Crippen molar-refractivity contribution in [2.75, 3.05) is 33.7 Å². The predicted molar refractivity (Wildman–Crippen MR) is 69.1 cm³/mol. The van der Waals surface area contributed by atoms with Gasteiger partial charge in [-0.1, -0.05) is 6.92 Å². The fraction of sp³-hybridized carbons (Fsp3) is 0.833. The summed E-state index contributed by atoms with van der Waals surface area (Å²) in [6, 6.07) is 0.0243. The van der Waals surface area contributed by atoms with Gasteiger partial charge in [-0.2, -0.15) is 13.2 Å². The summed E-state index contributed by atoms with van der Waals surface area (Å²) in [7, 11) is 2.85. The topological polar surface area (TPSA) is 52.7 Å². The number of carbonyl (C=O) groups is 2. The third kappa shape index (κ3) is 7.98. The maximum Gasteiger partial charge on any atom is 0.406 e. The first-order valence-electron chi connectivity index (χ1n) is 6.34. The van der Waals surface area contributed by atoms with Crippen LogP contribution in [-0.4, -0.2) is 67.6 Å². The minimum atomic E-state index is -4.53. The molecule has 0 aromatic carbocycles. The zero-order chi connectivity index (χ0) is 15.9. The number of rotatable bonds is 7. The van der Waals surface area contributed by atoms with Crippen molar-refractivity contribution in [3.05, 3.63) is 0 Å². The van der Waals surface area contributed by atoms with E-state index in [1.807, 2.05) is 13.8 Å². The van der Waals surface area contributed by atoms with Crippen LogP contribution in [-0.2, 0) is 9.59 Å². The zero-order valence-corrected chi connectivity index (χ0v) is 12.3. The van der Waals surface area contributed by atoms with E-state index in [4.69, 9.17) is 0 Å². The molecule has 0 aromatic rings. The highest BCUT2D eigenvalue weighted by Gasteiger charge is 2.34. The lowest BCUT2D eigenvalue weighted by Crippen LogP contribution is -2.48. The first kappa shape index (κ1) is 18.7. The highest BCUT2D eigenvalue weighted by atomic mass is 19.4. The number of carbonyl (C=O) groups excluding carboxylic acids is 2. The molecule has 0 spiro atoms. The molecule has 2 amide bonds. The van der Waals surface area contributed by atoms with E-state index in [2.05, 4.69) is 5.32 Å². The van der Waals surface area contributed by atoms with Gasteiger partial charge in [-0.05, 0) is 13.3 Å². The number of amides is 2. The van der Waals surface area contributed by atoms with Gasteiger partial charge in [0.1, 0.15) is 13.1 Å². The molecule has 8 heteroatoms. The average molecular weight is 297 g/mol. The highest BCUT2D eigenvalue weighted by molar-refractivity contribution is 5.85. The third-order valence-electron chi connectivity index (χ3n) is 2.76. The molecule has 1 N–H and O–H groups in total. The van der Waals surface area contributed by atoms with Gasteiger partial charge in [0.15, 0.2) is 0 Å². The Balaban J connectivity index is 4.66. The van der Waals surface area contributed by atoms with E-state index in [-0.39, 0.29) is 12.6 Å². The number of nitrogens with zero attached hydrogens (tertiary/aromatic N) is 2. The van der Waals surface area contributed by atoms with Crippen LogP contribution in [0.4, 0.5) is 13.2 Å². The average Bonchev–Trinajstić information content (AvgIpc) is 2.32. The lowest BCUT2D eigenvalue weighted by molar-refractivity contribution is -0.163.